The molecule has 1 unspecified atom stereocenters. The Hall–Kier alpha value is -0.570. The Kier molecular flexibility index (Phi) is 3.01. The van der Waals surface area contributed by atoms with Gasteiger partial charge in [0.2, 0.25) is 0 Å². The van der Waals surface area contributed by atoms with Gasteiger partial charge in [0.1, 0.15) is 0 Å². The molecule has 0 radical (unpaired) electrons. The molecule has 1 aromatic rings. The molecule has 2 rings (SSSR count). The van der Waals surface area contributed by atoms with Crippen molar-refractivity contribution >= 4 is 11.6 Å². The molecule has 1 saturated carbocycles. The largest absolute Gasteiger partial charge is 0.323 e. The summed E-state index contributed by atoms with van der Waals surface area (Å²) in [6.45, 7) is 0.997. The molecule has 1 fully saturated rings. The third kappa shape index (κ3) is 2.17. The zero-order chi connectivity index (χ0) is 10.9. The molecule has 1 aliphatic rings. The maximum atomic E-state index is 6.29. The third-order valence-corrected chi connectivity index (χ3v) is 3.56. The van der Waals surface area contributed by atoms with Crippen molar-refractivity contribution < 1.29 is 0 Å². The van der Waals surface area contributed by atoms with E-state index in [4.69, 9.17) is 17.3 Å². The summed E-state index contributed by atoms with van der Waals surface area (Å²) in [5, 5.41) is 3.99. The first kappa shape index (κ1) is 10.9. The topological polar surface area (TPSA) is 38.0 Å². The second-order valence-corrected chi connectivity index (χ2v) is 4.86. The minimum atomic E-state index is 0.127. The summed E-state index contributed by atoms with van der Waals surface area (Å²) in [4.78, 5) is 0. The Morgan fingerprint density at radius 2 is 2.00 bits per heavy atom. The zero-order valence-corrected chi connectivity index (χ0v) is 9.72. The minimum Gasteiger partial charge on any atom is -0.323 e. The smallest absolute Gasteiger partial charge is 0.0406 e. The van der Waals surface area contributed by atoms with Gasteiger partial charge in [-0.25, -0.2) is 0 Å². The lowest BCUT2D eigenvalue weighted by molar-refractivity contribution is 0.392. The molecule has 3 N–H and O–H groups in total. The number of rotatable bonds is 4. The van der Waals surface area contributed by atoms with E-state index in [1.807, 2.05) is 31.3 Å². The van der Waals surface area contributed by atoms with Crippen LogP contribution in [0.4, 0.5) is 0 Å². The number of benzene rings is 1. The molecule has 15 heavy (non-hydrogen) atoms. The van der Waals surface area contributed by atoms with Gasteiger partial charge in [-0.3, -0.25) is 0 Å². The lowest BCUT2D eigenvalue weighted by Gasteiger charge is -2.23. The van der Waals surface area contributed by atoms with Crippen molar-refractivity contribution in [2.45, 2.75) is 18.9 Å². The van der Waals surface area contributed by atoms with E-state index in [-0.39, 0.29) is 11.5 Å². The fraction of sp³-hybridized carbons (Fsp3) is 0.500. The lowest BCUT2D eigenvalue weighted by atomic mass is 9.91. The van der Waals surface area contributed by atoms with Gasteiger partial charge in [-0.1, -0.05) is 23.7 Å². The average Bonchev–Trinajstić information content (AvgIpc) is 3.00. The molecule has 0 saturated heterocycles. The second-order valence-electron chi connectivity index (χ2n) is 4.42. The fourth-order valence-corrected chi connectivity index (χ4v) is 2.26. The van der Waals surface area contributed by atoms with Crippen LogP contribution < -0.4 is 11.1 Å². The van der Waals surface area contributed by atoms with Gasteiger partial charge >= 0.3 is 0 Å². The monoisotopic (exact) mass is 224 g/mol. The van der Waals surface area contributed by atoms with Gasteiger partial charge in [-0.2, -0.15) is 0 Å². The average molecular weight is 225 g/mol. The molecule has 1 aliphatic carbocycles. The fourth-order valence-electron chi connectivity index (χ4n) is 2.13. The Morgan fingerprint density at radius 3 is 2.47 bits per heavy atom. The highest BCUT2D eigenvalue weighted by molar-refractivity contribution is 6.30. The molecule has 3 heteroatoms. The Bertz CT molecular complexity index is 330. The molecular formula is C12H17ClN2. The normalized spacial score (nSPS) is 19.9. The van der Waals surface area contributed by atoms with Crippen molar-refractivity contribution in [3.63, 3.8) is 0 Å². The predicted molar refractivity (Wildman–Crippen MR) is 64.0 cm³/mol. The maximum Gasteiger partial charge on any atom is 0.0406 e. The van der Waals surface area contributed by atoms with Crippen molar-refractivity contribution in [2.24, 2.45) is 11.1 Å². The van der Waals surface area contributed by atoms with Gasteiger partial charge in [-0.05, 0) is 37.6 Å². The Balaban J connectivity index is 2.13. The van der Waals surface area contributed by atoms with Gasteiger partial charge in [-0.15, -0.1) is 0 Å². The second kappa shape index (κ2) is 4.12. The number of nitrogens with one attached hydrogen (secondary N) is 1. The first-order valence-electron chi connectivity index (χ1n) is 5.34. The van der Waals surface area contributed by atoms with Crippen molar-refractivity contribution in [2.75, 3.05) is 13.6 Å². The number of hydrogen-bond donors (Lipinski definition) is 2. The minimum absolute atomic E-state index is 0.127. The molecule has 0 heterocycles. The van der Waals surface area contributed by atoms with Crippen LogP contribution in [0.5, 0.6) is 0 Å². The Morgan fingerprint density at radius 1 is 1.40 bits per heavy atom. The van der Waals surface area contributed by atoms with Crippen LogP contribution in [0.2, 0.25) is 5.02 Å². The maximum absolute atomic E-state index is 6.29. The van der Waals surface area contributed by atoms with Crippen LogP contribution in [0.1, 0.15) is 24.4 Å². The molecule has 0 aliphatic heterocycles. The molecule has 0 bridgehead atoms. The van der Waals surface area contributed by atoms with Gasteiger partial charge in [0, 0.05) is 23.0 Å². The van der Waals surface area contributed by atoms with Crippen LogP contribution in [0, 0.1) is 5.41 Å². The van der Waals surface area contributed by atoms with E-state index in [9.17, 15) is 0 Å². The summed E-state index contributed by atoms with van der Waals surface area (Å²) < 4.78 is 0. The first-order valence-corrected chi connectivity index (χ1v) is 5.71. The van der Waals surface area contributed by atoms with E-state index in [0.717, 1.165) is 11.6 Å². The van der Waals surface area contributed by atoms with Crippen LogP contribution in [-0.2, 0) is 0 Å². The number of nitrogens with two attached hydrogens (primary N) is 1. The first-order chi connectivity index (χ1) is 7.18. The lowest BCUT2D eigenvalue weighted by Crippen LogP contribution is -2.31. The molecule has 0 spiro atoms. The van der Waals surface area contributed by atoms with Crippen LogP contribution in [0.15, 0.2) is 24.3 Å². The molecule has 0 aromatic heterocycles. The van der Waals surface area contributed by atoms with E-state index in [0.29, 0.717) is 0 Å². The summed E-state index contributed by atoms with van der Waals surface area (Å²) in [6.07, 6.45) is 2.44. The molecule has 1 aromatic carbocycles. The SMILES string of the molecule is CNCC1(C(N)c2ccc(Cl)cc2)CC1. The van der Waals surface area contributed by atoms with E-state index in [2.05, 4.69) is 5.32 Å². The quantitative estimate of drug-likeness (QED) is 0.824. The van der Waals surface area contributed by atoms with Gasteiger partial charge in [0.25, 0.3) is 0 Å². The summed E-state index contributed by atoms with van der Waals surface area (Å²) in [6, 6.07) is 8.01. The number of hydrogen-bond acceptors (Lipinski definition) is 2. The van der Waals surface area contributed by atoms with Gasteiger partial charge in [0.05, 0.1) is 0 Å². The number of halogens is 1. The highest BCUT2D eigenvalue weighted by Gasteiger charge is 2.47. The highest BCUT2D eigenvalue weighted by atomic mass is 35.5. The van der Waals surface area contributed by atoms with E-state index >= 15 is 0 Å². The van der Waals surface area contributed by atoms with Crippen molar-refractivity contribution in [3.05, 3.63) is 34.9 Å². The standard InChI is InChI=1S/C12H17ClN2/c1-15-8-12(6-7-12)11(14)9-2-4-10(13)5-3-9/h2-5,11,15H,6-8,14H2,1H3. The molecule has 1 atom stereocenters. The molecular weight excluding hydrogens is 208 g/mol. The van der Waals surface area contributed by atoms with E-state index in [1.54, 1.807) is 0 Å². The van der Waals surface area contributed by atoms with Crippen LogP contribution in [0.25, 0.3) is 0 Å². The summed E-state index contributed by atoms with van der Waals surface area (Å²) in [5.74, 6) is 0. The van der Waals surface area contributed by atoms with Crippen LogP contribution in [0.3, 0.4) is 0 Å². The van der Waals surface area contributed by atoms with Crippen molar-refractivity contribution in [1.82, 2.24) is 5.32 Å². The zero-order valence-electron chi connectivity index (χ0n) is 8.96. The Labute approximate surface area is 95.8 Å². The summed E-state index contributed by atoms with van der Waals surface area (Å²) in [7, 11) is 1.98. The third-order valence-electron chi connectivity index (χ3n) is 3.31. The predicted octanol–water partition coefficient (Wildman–Crippen LogP) is 2.34. The van der Waals surface area contributed by atoms with Gasteiger partial charge in [0.15, 0.2) is 0 Å². The molecule has 82 valence electrons. The summed E-state index contributed by atoms with van der Waals surface area (Å²) >= 11 is 5.85. The van der Waals surface area contributed by atoms with Crippen molar-refractivity contribution in [3.8, 4) is 0 Å². The van der Waals surface area contributed by atoms with Crippen LogP contribution in [-0.4, -0.2) is 13.6 Å². The van der Waals surface area contributed by atoms with Gasteiger partial charge < -0.3 is 11.1 Å². The van der Waals surface area contributed by atoms with Crippen molar-refractivity contribution in [1.29, 1.82) is 0 Å². The highest BCUT2D eigenvalue weighted by Crippen LogP contribution is 2.53. The van der Waals surface area contributed by atoms with E-state index < -0.39 is 0 Å². The summed E-state index contributed by atoms with van der Waals surface area (Å²) in [5.41, 5.74) is 7.76. The van der Waals surface area contributed by atoms with E-state index in [1.165, 1.54) is 18.4 Å². The molecule has 2 nitrogen and oxygen atoms in total. The van der Waals surface area contributed by atoms with Crippen LogP contribution >= 0.6 is 11.6 Å². The molecule has 0 amide bonds.